The van der Waals surface area contributed by atoms with Crippen molar-refractivity contribution in [1.82, 2.24) is 5.43 Å². The molecule has 11 heteroatoms. The molecule has 166 valence electrons. The van der Waals surface area contributed by atoms with Gasteiger partial charge in [0.15, 0.2) is 0 Å². The zero-order chi connectivity index (χ0) is 23.6. The number of esters is 1. The number of carbonyl (C=O) groups excluding carboxylic acids is 1. The van der Waals surface area contributed by atoms with E-state index in [0.717, 1.165) is 12.1 Å². The molecule has 0 spiro atoms. The van der Waals surface area contributed by atoms with E-state index >= 15 is 0 Å². The maximum Gasteiger partial charge on any atom is 0.416 e. The fourth-order valence-electron chi connectivity index (χ4n) is 3.37. The second kappa shape index (κ2) is 9.02. The minimum atomic E-state index is -4.56. The van der Waals surface area contributed by atoms with Crippen LogP contribution < -0.4 is 16.2 Å². The van der Waals surface area contributed by atoms with Crippen molar-refractivity contribution < 1.29 is 22.7 Å². The minimum absolute atomic E-state index is 0.0238. The third kappa shape index (κ3) is 4.32. The number of nitrogens with one attached hydrogen (secondary N) is 1. The van der Waals surface area contributed by atoms with Gasteiger partial charge in [-0.1, -0.05) is 28.1 Å². The molecule has 0 aliphatic carbocycles. The Morgan fingerprint density at radius 2 is 2.03 bits per heavy atom. The third-order valence-corrected chi connectivity index (χ3v) is 5.54. The van der Waals surface area contributed by atoms with Crippen molar-refractivity contribution in [2.45, 2.75) is 19.1 Å². The molecule has 1 heterocycles. The predicted octanol–water partition coefficient (Wildman–Crippen LogP) is 4.17. The number of nitrogens with zero attached hydrogens (tertiary/aromatic N) is 3. The van der Waals surface area contributed by atoms with E-state index in [1.54, 1.807) is 25.1 Å². The number of hydrazine groups is 1. The number of guanidine groups is 1. The van der Waals surface area contributed by atoms with E-state index in [9.17, 15) is 18.0 Å². The molecule has 1 aliphatic heterocycles. The molecule has 0 saturated carbocycles. The third-order valence-electron chi connectivity index (χ3n) is 4.85. The van der Waals surface area contributed by atoms with Gasteiger partial charge in [0.1, 0.15) is 6.04 Å². The standard InChI is InChI=1S/C21H17BrF3N5O2/c1-11-17(19(31)32-2)18(15-7-6-12(10-26)8-16(15)22)28-20(29-27)30(11)14-5-3-4-13(9-14)21(23,24)25/h3-9,18H,27H2,1-2H3,(H,28,29). The smallest absolute Gasteiger partial charge is 0.416 e. The number of methoxy groups -OCH3 is 1. The highest BCUT2D eigenvalue weighted by Gasteiger charge is 2.37. The van der Waals surface area contributed by atoms with Crippen LogP contribution in [0.1, 0.15) is 29.7 Å². The number of alkyl halides is 3. The van der Waals surface area contributed by atoms with Crippen molar-refractivity contribution in [3.8, 4) is 6.07 Å². The first-order valence-corrected chi connectivity index (χ1v) is 9.92. The van der Waals surface area contributed by atoms with E-state index in [2.05, 4.69) is 26.3 Å². The maximum absolute atomic E-state index is 13.3. The van der Waals surface area contributed by atoms with Gasteiger partial charge < -0.3 is 4.74 Å². The van der Waals surface area contributed by atoms with Gasteiger partial charge in [0.2, 0.25) is 5.96 Å². The van der Waals surface area contributed by atoms with Crippen molar-refractivity contribution in [3.05, 3.63) is 74.9 Å². The number of rotatable bonds is 3. The number of aliphatic imine (C=N–C) groups is 1. The van der Waals surface area contributed by atoms with E-state index in [1.165, 1.54) is 24.1 Å². The largest absolute Gasteiger partial charge is 0.466 e. The second-order valence-corrected chi connectivity index (χ2v) is 7.58. The summed E-state index contributed by atoms with van der Waals surface area (Å²) in [6, 6.07) is 10.5. The quantitative estimate of drug-likeness (QED) is 0.367. The molecule has 0 aromatic heterocycles. The molecule has 7 nitrogen and oxygen atoms in total. The van der Waals surface area contributed by atoms with Gasteiger partial charge in [-0.05, 0) is 42.8 Å². The Morgan fingerprint density at radius 1 is 1.31 bits per heavy atom. The molecule has 1 aliphatic rings. The number of anilines is 1. The van der Waals surface area contributed by atoms with Crippen LogP contribution in [0, 0.1) is 11.3 Å². The highest BCUT2D eigenvalue weighted by Crippen LogP contribution is 2.40. The number of allylic oxidation sites excluding steroid dienone is 1. The predicted molar refractivity (Wildman–Crippen MR) is 115 cm³/mol. The molecular weight excluding hydrogens is 491 g/mol. The van der Waals surface area contributed by atoms with Crippen LogP contribution in [-0.4, -0.2) is 19.0 Å². The summed E-state index contributed by atoms with van der Waals surface area (Å²) < 4.78 is 45.2. The number of halogens is 4. The molecule has 3 rings (SSSR count). The summed E-state index contributed by atoms with van der Waals surface area (Å²) in [5, 5.41) is 9.11. The molecular formula is C21H17BrF3N5O2. The van der Waals surface area contributed by atoms with Crippen molar-refractivity contribution in [1.29, 1.82) is 5.26 Å². The number of hydrogen-bond acceptors (Lipinski definition) is 7. The maximum atomic E-state index is 13.3. The Balaban J connectivity index is 2.21. The molecule has 2 aromatic rings. The summed E-state index contributed by atoms with van der Waals surface area (Å²) in [5.41, 5.74) is 2.96. The fraction of sp³-hybridized carbons (Fsp3) is 0.190. The van der Waals surface area contributed by atoms with Crippen LogP contribution >= 0.6 is 15.9 Å². The van der Waals surface area contributed by atoms with Crippen LogP contribution in [0.2, 0.25) is 0 Å². The minimum Gasteiger partial charge on any atom is -0.466 e. The average Bonchev–Trinajstić information content (AvgIpc) is 2.77. The lowest BCUT2D eigenvalue weighted by molar-refractivity contribution is -0.138. The molecule has 0 radical (unpaired) electrons. The van der Waals surface area contributed by atoms with Gasteiger partial charge in [0, 0.05) is 15.9 Å². The summed E-state index contributed by atoms with van der Waals surface area (Å²) in [6.45, 7) is 1.56. The molecule has 0 bridgehead atoms. The first-order valence-electron chi connectivity index (χ1n) is 9.12. The Labute approximate surface area is 190 Å². The summed E-state index contributed by atoms with van der Waals surface area (Å²) in [7, 11) is 1.20. The summed E-state index contributed by atoms with van der Waals surface area (Å²) >= 11 is 3.39. The van der Waals surface area contributed by atoms with E-state index in [1.807, 2.05) is 6.07 Å². The van der Waals surface area contributed by atoms with Crippen LogP contribution in [0.25, 0.3) is 0 Å². The Hall–Kier alpha value is -3.36. The summed E-state index contributed by atoms with van der Waals surface area (Å²) in [6.07, 6.45) is -4.56. The normalized spacial score (nSPS) is 16.4. The average molecular weight is 508 g/mol. The SMILES string of the molecule is COC(=O)C1=C(C)N(c2cccc(C(F)(F)F)c2)C(NN)=NC1c1ccc(C#N)cc1Br. The number of benzene rings is 2. The molecule has 32 heavy (non-hydrogen) atoms. The van der Waals surface area contributed by atoms with Crippen molar-refractivity contribution in [3.63, 3.8) is 0 Å². The van der Waals surface area contributed by atoms with Gasteiger partial charge in [-0.2, -0.15) is 18.4 Å². The zero-order valence-corrected chi connectivity index (χ0v) is 18.5. The van der Waals surface area contributed by atoms with Crippen LogP contribution in [0.5, 0.6) is 0 Å². The lowest BCUT2D eigenvalue weighted by Crippen LogP contribution is -2.47. The van der Waals surface area contributed by atoms with E-state index in [0.29, 0.717) is 15.6 Å². The van der Waals surface area contributed by atoms with Crippen LogP contribution in [0.4, 0.5) is 18.9 Å². The molecule has 0 amide bonds. The molecule has 1 atom stereocenters. The van der Waals surface area contributed by atoms with Gasteiger partial charge >= 0.3 is 12.1 Å². The molecule has 1 unspecified atom stereocenters. The van der Waals surface area contributed by atoms with E-state index < -0.39 is 23.8 Å². The summed E-state index contributed by atoms with van der Waals surface area (Å²) in [4.78, 5) is 18.5. The van der Waals surface area contributed by atoms with Gasteiger partial charge in [0.25, 0.3) is 0 Å². The molecule has 0 saturated heterocycles. The lowest BCUT2D eigenvalue weighted by Gasteiger charge is -2.34. The number of ether oxygens (including phenoxy) is 1. The van der Waals surface area contributed by atoms with E-state index in [4.69, 9.17) is 15.8 Å². The molecule has 0 fully saturated rings. The molecule has 2 aromatic carbocycles. The number of carbonyl (C=O) groups is 1. The summed E-state index contributed by atoms with van der Waals surface area (Å²) in [5.74, 6) is 4.97. The first-order chi connectivity index (χ1) is 15.1. The Bertz CT molecular complexity index is 1170. The Morgan fingerprint density at radius 3 is 2.59 bits per heavy atom. The van der Waals surface area contributed by atoms with E-state index in [-0.39, 0.29) is 22.9 Å². The highest BCUT2D eigenvalue weighted by molar-refractivity contribution is 9.10. The van der Waals surface area contributed by atoms with Crippen molar-refractivity contribution in [2.24, 2.45) is 10.8 Å². The fourth-order valence-corrected chi connectivity index (χ4v) is 3.97. The van der Waals surface area contributed by atoms with Crippen LogP contribution in [-0.2, 0) is 15.7 Å². The van der Waals surface area contributed by atoms with Gasteiger partial charge in [-0.15, -0.1) is 0 Å². The number of hydrogen-bond donors (Lipinski definition) is 2. The van der Waals surface area contributed by atoms with Gasteiger partial charge in [-0.25, -0.2) is 15.6 Å². The zero-order valence-electron chi connectivity index (χ0n) is 16.9. The Kier molecular flexibility index (Phi) is 6.57. The highest BCUT2D eigenvalue weighted by atomic mass is 79.9. The second-order valence-electron chi connectivity index (χ2n) is 6.72. The van der Waals surface area contributed by atoms with Crippen LogP contribution in [0.3, 0.4) is 0 Å². The topological polar surface area (TPSA) is 104 Å². The number of nitriles is 1. The van der Waals surface area contributed by atoms with Crippen LogP contribution in [0.15, 0.2) is 63.2 Å². The monoisotopic (exact) mass is 507 g/mol. The molecule has 3 N–H and O–H groups in total. The van der Waals surface area contributed by atoms with Crippen molar-refractivity contribution >= 4 is 33.5 Å². The first kappa shape index (κ1) is 23.3. The lowest BCUT2D eigenvalue weighted by atomic mass is 9.94. The van der Waals surface area contributed by atoms with Gasteiger partial charge in [0.05, 0.1) is 29.9 Å². The number of nitrogens with two attached hydrogens (primary N) is 1. The van der Waals surface area contributed by atoms with Gasteiger partial charge in [-0.3, -0.25) is 10.3 Å². The van der Waals surface area contributed by atoms with Crippen molar-refractivity contribution in [2.75, 3.05) is 12.0 Å².